The van der Waals surface area contributed by atoms with Crippen molar-refractivity contribution in [2.24, 2.45) is 20.5 Å². The van der Waals surface area contributed by atoms with Crippen molar-refractivity contribution in [2.45, 2.75) is 96.7 Å². The molecule has 186 valence electrons. The molecule has 0 heterocycles. The highest BCUT2D eigenvalue weighted by molar-refractivity contribution is 5.73. The van der Waals surface area contributed by atoms with Gasteiger partial charge in [0.15, 0.2) is 0 Å². The molecule has 0 radical (unpaired) electrons. The number of carbonyl (C=O) groups excluding carboxylic acids is 4. The maximum atomic E-state index is 11.2. The van der Waals surface area contributed by atoms with E-state index in [9.17, 15) is 19.2 Å². The molecule has 2 saturated carbocycles. The molecular formula is C21H34N4O8. The Bertz CT molecular complexity index is 671. The van der Waals surface area contributed by atoms with Crippen molar-refractivity contribution in [3.05, 3.63) is 0 Å². The van der Waals surface area contributed by atoms with Gasteiger partial charge in [0, 0.05) is 0 Å². The van der Waals surface area contributed by atoms with E-state index in [0.717, 1.165) is 51.4 Å². The Morgan fingerprint density at radius 2 is 1.00 bits per heavy atom. The molecule has 0 aliphatic heterocycles. The molecule has 2 aliphatic rings. The number of hydrogen-bond donors (Lipinski definition) is 0. The molecule has 0 N–H and O–H groups in total. The smallest absolute Gasteiger partial charge is 0.447 e. The average Bonchev–Trinajstić information content (AvgIpc) is 2.82. The first-order valence-electron chi connectivity index (χ1n) is 11.5. The molecule has 0 atom stereocenters. The van der Waals surface area contributed by atoms with Crippen LogP contribution in [0.3, 0.4) is 0 Å². The highest BCUT2D eigenvalue weighted by Gasteiger charge is 2.18. The molecule has 0 aromatic rings. The van der Waals surface area contributed by atoms with Crippen LogP contribution in [-0.4, -0.2) is 49.8 Å². The number of nitrogens with zero attached hydrogens (tertiary/aromatic N) is 4. The Morgan fingerprint density at radius 1 is 0.606 bits per heavy atom. The summed E-state index contributed by atoms with van der Waals surface area (Å²) in [5.41, 5.74) is 0. The lowest BCUT2D eigenvalue weighted by Crippen LogP contribution is -2.18. The minimum Gasteiger partial charge on any atom is -0.447 e. The molecule has 0 unspecified atom stereocenters. The molecule has 0 aromatic carbocycles. The molecule has 12 heteroatoms. The van der Waals surface area contributed by atoms with E-state index in [-0.39, 0.29) is 25.4 Å². The van der Waals surface area contributed by atoms with Crippen LogP contribution in [-0.2, 0) is 18.9 Å². The van der Waals surface area contributed by atoms with Crippen molar-refractivity contribution in [2.75, 3.05) is 13.2 Å². The number of azo groups is 2. The Balaban J connectivity index is 0.000000331. The van der Waals surface area contributed by atoms with Gasteiger partial charge in [-0.1, -0.05) is 40.2 Å². The third-order valence-corrected chi connectivity index (χ3v) is 4.76. The maximum absolute atomic E-state index is 11.2. The molecule has 0 bridgehead atoms. The zero-order valence-electron chi connectivity index (χ0n) is 19.4. The largest absolute Gasteiger partial charge is 0.452 e. The molecule has 33 heavy (non-hydrogen) atoms. The first kappa shape index (κ1) is 28.1. The fourth-order valence-electron chi connectivity index (χ4n) is 3.23. The second kappa shape index (κ2) is 17.6. The van der Waals surface area contributed by atoms with Gasteiger partial charge in [-0.2, -0.15) is 0 Å². The van der Waals surface area contributed by atoms with Gasteiger partial charge in [-0.05, 0) is 64.7 Å². The normalized spacial score (nSPS) is 17.2. The molecular weight excluding hydrogens is 436 g/mol. The predicted molar refractivity (Wildman–Crippen MR) is 115 cm³/mol. The minimum absolute atomic E-state index is 0.0811. The van der Waals surface area contributed by atoms with E-state index in [4.69, 9.17) is 9.47 Å². The van der Waals surface area contributed by atoms with Gasteiger partial charge in [0.05, 0.1) is 13.2 Å². The third-order valence-electron chi connectivity index (χ3n) is 4.76. The van der Waals surface area contributed by atoms with Gasteiger partial charge in [0.2, 0.25) is 0 Å². The standard InChI is InChI=1S/C11H18N2O4.C10H16N2O4/c1-2-8-16-10(14)12-13-11(15)17-9-6-4-3-5-7-9;1-2-15-9(13)11-12-10(14)16-8-6-4-3-5-7-8/h9H,2-8H2,1H3;8H,2-7H2,1H3. The lowest BCUT2D eigenvalue weighted by molar-refractivity contribution is 0.0807. The molecule has 2 fully saturated rings. The summed E-state index contributed by atoms with van der Waals surface area (Å²) in [7, 11) is 0. The van der Waals surface area contributed by atoms with Crippen molar-refractivity contribution in [3.63, 3.8) is 0 Å². The van der Waals surface area contributed by atoms with Crippen LogP contribution in [0.1, 0.15) is 84.5 Å². The van der Waals surface area contributed by atoms with E-state index in [0.29, 0.717) is 6.42 Å². The van der Waals surface area contributed by atoms with Gasteiger partial charge in [0.1, 0.15) is 12.2 Å². The van der Waals surface area contributed by atoms with Crippen molar-refractivity contribution < 1.29 is 38.1 Å². The Labute approximate surface area is 193 Å². The van der Waals surface area contributed by atoms with Crippen LogP contribution in [0.4, 0.5) is 19.2 Å². The van der Waals surface area contributed by atoms with Gasteiger partial charge in [-0.3, -0.25) is 0 Å². The zero-order valence-corrected chi connectivity index (χ0v) is 19.4. The van der Waals surface area contributed by atoms with E-state index in [1.54, 1.807) is 6.92 Å². The van der Waals surface area contributed by atoms with Gasteiger partial charge < -0.3 is 18.9 Å². The minimum atomic E-state index is -0.872. The van der Waals surface area contributed by atoms with E-state index < -0.39 is 24.4 Å². The number of ether oxygens (including phenoxy) is 4. The Kier molecular flexibility index (Phi) is 15.0. The van der Waals surface area contributed by atoms with Crippen molar-refractivity contribution >= 4 is 24.4 Å². The summed E-state index contributed by atoms with van der Waals surface area (Å²) < 4.78 is 19.2. The molecule has 12 nitrogen and oxygen atoms in total. The number of carbonyl (C=O) groups is 4. The van der Waals surface area contributed by atoms with Crippen LogP contribution < -0.4 is 0 Å². The fourth-order valence-corrected chi connectivity index (χ4v) is 3.23. The number of rotatable bonds is 5. The highest BCUT2D eigenvalue weighted by Crippen LogP contribution is 2.21. The van der Waals surface area contributed by atoms with Crippen molar-refractivity contribution in [3.8, 4) is 0 Å². The summed E-state index contributed by atoms with van der Waals surface area (Å²) in [4.78, 5) is 44.0. The summed E-state index contributed by atoms with van der Waals surface area (Å²) >= 11 is 0. The topological polar surface area (TPSA) is 155 Å². The van der Waals surface area contributed by atoms with E-state index in [2.05, 4.69) is 29.9 Å². The van der Waals surface area contributed by atoms with Crippen molar-refractivity contribution in [1.82, 2.24) is 0 Å². The lowest BCUT2D eigenvalue weighted by atomic mass is 9.98. The van der Waals surface area contributed by atoms with Gasteiger partial charge >= 0.3 is 24.4 Å². The predicted octanol–water partition coefficient (Wildman–Crippen LogP) is 6.52. The fraction of sp³-hybridized carbons (Fsp3) is 0.810. The molecule has 0 aromatic heterocycles. The van der Waals surface area contributed by atoms with Crippen LogP contribution >= 0.6 is 0 Å². The maximum Gasteiger partial charge on any atom is 0.452 e. The van der Waals surface area contributed by atoms with E-state index in [1.807, 2.05) is 6.92 Å². The quantitative estimate of drug-likeness (QED) is 0.325. The van der Waals surface area contributed by atoms with Gasteiger partial charge in [-0.25, -0.2) is 19.2 Å². The Hall–Kier alpha value is -2.92. The van der Waals surface area contributed by atoms with E-state index in [1.165, 1.54) is 12.8 Å². The molecule has 2 rings (SSSR count). The second-order valence-electron chi connectivity index (χ2n) is 7.50. The zero-order chi connectivity index (χ0) is 24.3. The van der Waals surface area contributed by atoms with Crippen LogP contribution in [0.2, 0.25) is 0 Å². The summed E-state index contributed by atoms with van der Waals surface area (Å²) in [5, 5.41) is 12.5. The summed E-state index contributed by atoms with van der Waals surface area (Å²) in [5.74, 6) is 0. The molecule has 0 saturated heterocycles. The summed E-state index contributed by atoms with van der Waals surface area (Å²) in [6.07, 6.45) is 7.24. The average molecular weight is 471 g/mol. The Morgan fingerprint density at radius 3 is 1.39 bits per heavy atom. The SMILES string of the molecule is CCCOC(=O)N=NC(=O)OC1CCCCC1.CCOC(=O)N=NC(=O)OC1CCCCC1. The number of amides is 4. The van der Waals surface area contributed by atoms with Crippen LogP contribution in [0.25, 0.3) is 0 Å². The van der Waals surface area contributed by atoms with Crippen LogP contribution in [0, 0.1) is 0 Å². The monoisotopic (exact) mass is 470 g/mol. The van der Waals surface area contributed by atoms with Gasteiger partial charge in [-0.15, -0.1) is 0 Å². The first-order chi connectivity index (χ1) is 15.9. The number of hydrogen-bond acceptors (Lipinski definition) is 8. The highest BCUT2D eigenvalue weighted by atomic mass is 16.6. The van der Waals surface area contributed by atoms with Gasteiger partial charge in [0.25, 0.3) is 0 Å². The summed E-state index contributed by atoms with van der Waals surface area (Å²) in [6, 6.07) is 0. The summed E-state index contributed by atoms with van der Waals surface area (Å²) in [6.45, 7) is 3.99. The molecule has 4 amide bonds. The second-order valence-corrected chi connectivity index (χ2v) is 7.50. The lowest BCUT2D eigenvalue weighted by Gasteiger charge is -2.20. The van der Waals surface area contributed by atoms with E-state index >= 15 is 0 Å². The third kappa shape index (κ3) is 14.7. The van der Waals surface area contributed by atoms with Crippen LogP contribution in [0.5, 0.6) is 0 Å². The van der Waals surface area contributed by atoms with Crippen molar-refractivity contribution in [1.29, 1.82) is 0 Å². The molecule has 0 spiro atoms. The molecule has 2 aliphatic carbocycles. The first-order valence-corrected chi connectivity index (χ1v) is 11.5. The van der Waals surface area contributed by atoms with Crippen LogP contribution in [0.15, 0.2) is 20.5 Å².